The Bertz CT molecular complexity index is 558. The van der Waals surface area contributed by atoms with E-state index in [-0.39, 0.29) is 5.75 Å². The number of nitrogens with zero attached hydrogens (tertiary/aromatic N) is 1. The minimum atomic E-state index is -1.52. The van der Waals surface area contributed by atoms with Gasteiger partial charge >= 0.3 is 0 Å². The maximum Gasteiger partial charge on any atom is 0.235 e. The molecule has 1 aliphatic heterocycles. The van der Waals surface area contributed by atoms with E-state index in [1.165, 1.54) is 18.2 Å². The molecular weight excluding hydrogens is 310 g/mol. The average Bonchev–Trinajstić information content (AvgIpc) is 2.54. The molecule has 0 saturated carbocycles. The van der Waals surface area contributed by atoms with Gasteiger partial charge in [0.05, 0.1) is 11.5 Å². The number of nitro groups is 1. The smallest absolute Gasteiger partial charge is 0.235 e. The molecule has 9 heteroatoms. The summed E-state index contributed by atoms with van der Waals surface area (Å²) in [6.45, 7) is -0.546. The monoisotopic (exact) mass is 327 g/mol. The van der Waals surface area contributed by atoms with E-state index in [9.17, 15) is 25.4 Å². The van der Waals surface area contributed by atoms with Crippen molar-refractivity contribution in [2.45, 2.75) is 30.7 Å². The second-order valence-corrected chi connectivity index (χ2v) is 4.99. The number of rotatable bonds is 5. The van der Waals surface area contributed by atoms with E-state index in [1.54, 1.807) is 12.1 Å². The minimum absolute atomic E-state index is 0.285. The molecule has 1 aliphatic rings. The summed E-state index contributed by atoms with van der Waals surface area (Å²) in [5, 5.41) is 48.5. The lowest BCUT2D eigenvalue weighted by molar-refractivity contribution is -0.400. The molecule has 9 nitrogen and oxygen atoms in total. The number of aliphatic hydroxyl groups excluding tert-OH is 4. The number of hydrogen-bond donors (Lipinski definition) is 4. The molecular formula is C14H17NO8. The SMILES string of the molecule is O=[N+]([O-])/C=C/c1ccc(O[C@@H]2O[C@H](CO)[C@H](O)[C@H](O)[C@H]2O)cc1. The van der Waals surface area contributed by atoms with Crippen LogP contribution in [0.2, 0.25) is 0 Å². The molecule has 1 fully saturated rings. The first-order chi connectivity index (χ1) is 10.9. The Morgan fingerprint density at radius 1 is 1.17 bits per heavy atom. The van der Waals surface area contributed by atoms with Gasteiger partial charge in [0.25, 0.3) is 0 Å². The molecule has 126 valence electrons. The number of hydrogen-bond acceptors (Lipinski definition) is 8. The highest BCUT2D eigenvalue weighted by Crippen LogP contribution is 2.24. The summed E-state index contributed by atoms with van der Waals surface area (Å²) in [4.78, 5) is 9.66. The summed E-state index contributed by atoms with van der Waals surface area (Å²) in [5.41, 5.74) is 0.572. The van der Waals surface area contributed by atoms with E-state index in [2.05, 4.69) is 0 Å². The first-order valence-electron chi connectivity index (χ1n) is 6.81. The Hall–Kier alpha value is -2.04. The normalized spacial score (nSPS) is 31.2. The molecule has 1 aromatic rings. The lowest BCUT2D eigenvalue weighted by atomic mass is 9.99. The Labute approximate surface area is 131 Å². The van der Waals surface area contributed by atoms with Crippen LogP contribution in [0.1, 0.15) is 5.56 Å². The van der Waals surface area contributed by atoms with Crippen LogP contribution in [0, 0.1) is 10.1 Å². The fraction of sp³-hybridized carbons (Fsp3) is 0.429. The maximum absolute atomic E-state index is 10.2. The van der Waals surface area contributed by atoms with E-state index < -0.39 is 42.2 Å². The molecule has 5 atom stereocenters. The highest BCUT2D eigenvalue weighted by Gasteiger charge is 2.44. The fourth-order valence-electron chi connectivity index (χ4n) is 2.10. The summed E-state index contributed by atoms with van der Waals surface area (Å²) in [6.07, 6.45) is -4.70. The van der Waals surface area contributed by atoms with Crippen LogP contribution in [-0.2, 0) is 4.74 Å². The standard InChI is InChI=1S/C14H17NO8/c16-7-10-11(17)12(18)13(19)14(23-10)22-9-3-1-8(2-4-9)5-6-15(20)21/h1-6,10-14,16-19H,7H2/b6-5+/t10-,11+,12+,13-,14-/m1/s1. The molecule has 0 aliphatic carbocycles. The predicted octanol–water partition coefficient (Wildman–Crippen LogP) is -0.887. The molecule has 0 bridgehead atoms. The number of benzene rings is 1. The molecule has 1 saturated heterocycles. The van der Waals surface area contributed by atoms with Gasteiger partial charge in [-0.15, -0.1) is 0 Å². The molecule has 0 spiro atoms. The van der Waals surface area contributed by atoms with Gasteiger partial charge in [0.15, 0.2) is 0 Å². The largest absolute Gasteiger partial charge is 0.462 e. The van der Waals surface area contributed by atoms with Gasteiger partial charge in [-0.1, -0.05) is 12.1 Å². The Morgan fingerprint density at radius 2 is 1.83 bits per heavy atom. The van der Waals surface area contributed by atoms with E-state index in [1.807, 2.05) is 0 Å². The van der Waals surface area contributed by atoms with Crippen molar-refractivity contribution in [2.24, 2.45) is 0 Å². The first-order valence-corrected chi connectivity index (χ1v) is 6.81. The van der Waals surface area contributed by atoms with Crippen LogP contribution in [0.4, 0.5) is 0 Å². The van der Waals surface area contributed by atoms with E-state index in [0.717, 1.165) is 6.20 Å². The molecule has 0 aromatic heterocycles. The predicted molar refractivity (Wildman–Crippen MR) is 76.9 cm³/mol. The van der Waals surface area contributed by atoms with Gasteiger partial charge in [0.2, 0.25) is 12.5 Å². The molecule has 2 rings (SSSR count). The van der Waals surface area contributed by atoms with Crippen LogP contribution in [0.25, 0.3) is 6.08 Å². The quantitative estimate of drug-likeness (QED) is 0.403. The first kappa shape index (κ1) is 17.3. The molecule has 1 aromatic carbocycles. The Kier molecular flexibility index (Phi) is 5.64. The Morgan fingerprint density at radius 3 is 2.39 bits per heavy atom. The van der Waals surface area contributed by atoms with Crippen LogP contribution in [0.3, 0.4) is 0 Å². The maximum atomic E-state index is 10.2. The minimum Gasteiger partial charge on any atom is -0.462 e. The van der Waals surface area contributed by atoms with Crippen molar-refractivity contribution in [1.82, 2.24) is 0 Å². The lowest BCUT2D eigenvalue weighted by Gasteiger charge is -2.39. The van der Waals surface area contributed by atoms with Crippen molar-refractivity contribution in [3.8, 4) is 5.75 Å². The van der Waals surface area contributed by atoms with E-state index >= 15 is 0 Å². The second kappa shape index (κ2) is 7.49. The average molecular weight is 327 g/mol. The zero-order valence-electron chi connectivity index (χ0n) is 11.9. The summed E-state index contributed by atoms with van der Waals surface area (Å²) in [6, 6.07) is 6.11. The van der Waals surface area contributed by atoms with Crippen molar-refractivity contribution >= 4 is 6.08 Å². The van der Waals surface area contributed by atoms with Gasteiger partial charge < -0.3 is 29.9 Å². The van der Waals surface area contributed by atoms with Gasteiger partial charge in [-0.3, -0.25) is 10.1 Å². The Balaban J connectivity index is 2.04. The zero-order chi connectivity index (χ0) is 17.0. The summed E-state index contributed by atoms with van der Waals surface area (Å²) in [5.74, 6) is 0.285. The van der Waals surface area contributed by atoms with Crippen LogP contribution in [0.5, 0.6) is 5.75 Å². The number of ether oxygens (including phenoxy) is 2. The topological polar surface area (TPSA) is 143 Å². The second-order valence-electron chi connectivity index (χ2n) is 4.99. The zero-order valence-corrected chi connectivity index (χ0v) is 11.9. The van der Waals surface area contributed by atoms with Gasteiger partial charge in [0.1, 0.15) is 30.2 Å². The van der Waals surface area contributed by atoms with Crippen molar-refractivity contribution in [3.63, 3.8) is 0 Å². The van der Waals surface area contributed by atoms with E-state index in [4.69, 9.17) is 14.6 Å². The van der Waals surface area contributed by atoms with Crippen LogP contribution >= 0.6 is 0 Å². The van der Waals surface area contributed by atoms with Crippen molar-refractivity contribution < 1.29 is 34.8 Å². The fourth-order valence-corrected chi connectivity index (χ4v) is 2.10. The third-order valence-corrected chi connectivity index (χ3v) is 3.37. The van der Waals surface area contributed by atoms with Crippen LogP contribution in [-0.4, -0.2) is 62.7 Å². The summed E-state index contributed by atoms with van der Waals surface area (Å²) >= 11 is 0. The van der Waals surface area contributed by atoms with Gasteiger partial charge in [-0.05, 0) is 17.7 Å². The number of aliphatic hydroxyl groups is 4. The van der Waals surface area contributed by atoms with Crippen molar-refractivity contribution in [3.05, 3.63) is 46.1 Å². The van der Waals surface area contributed by atoms with E-state index in [0.29, 0.717) is 5.56 Å². The van der Waals surface area contributed by atoms with Gasteiger partial charge in [-0.2, -0.15) is 0 Å². The molecule has 1 heterocycles. The lowest BCUT2D eigenvalue weighted by Crippen LogP contribution is -2.60. The van der Waals surface area contributed by atoms with Gasteiger partial charge in [-0.25, -0.2) is 0 Å². The van der Waals surface area contributed by atoms with Crippen molar-refractivity contribution in [2.75, 3.05) is 6.61 Å². The van der Waals surface area contributed by atoms with Crippen molar-refractivity contribution in [1.29, 1.82) is 0 Å². The summed E-state index contributed by atoms with van der Waals surface area (Å²) in [7, 11) is 0. The summed E-state index contributed by atoms with van der Waals surface area (Å²) < 4.78 is 10.6. The molecule has 0 amide bonds. The molecule has 0 unspecified atom stereocenters. The molecule has 4 N–H and O–H groups in total. The highest BCUT2D eigenvalue weighted by atomic mass is 16.7. The van der Waals surface area contributed by atoms with Gasteiger partial charge in [0, 0.05) is 6.08 Å². The van der Waals surface area contributed by atoms with Crippen LogP contribution < -0.4 is 4.74 Å². The third-order valence-electron chi connectivity index (χ3n) is 3.37. The molecule has 0 radical (unpaired) electrons. The molecule has 23 heavy (non-hydrogen) atoms. The highest BCUT2D eigenvalue weighted by molar-refractivity contribution is 5.49. The van der Waals surface area contributed by atoms with Crippen LogP contribution in [0.15, 0.2) is 30.5 Å². The third kappa shape index (κ3) is 4.24.